The molecule has 0 fully saturated rings. The summed E-state index contributed by atoms with van der Waals surface area (Å²) >= 11 is 0. The molecule has 0 bridgehead atoms. The van der Waals surface area contributed by atoms with Crippen molar-refractivity contribution < 1.29 is 5.11 Å². The average Bonchev–Trinajstić information content (AvgIpc) is 2.64. The maximum absolute atomic E-state index is 13.2. The summed E-state index contributed by atoms with van der Waals surface area (Å²) in [5.41, 5.74) is 1.42. The molecule has 0 aliphatic carbocycles. The molecule has 3 aromatic heterocycles. The van der Waals surface area contributed by atoms with E-state index in [0.717, 1.165) is 5.69 Å². The number of hydrogen-bond acceptors (Lipinski definition) is 4. The van der Waals surface area contributed by atoms with Crippen molar-refractivity contribution in [1.29, 1.82) is 0 Å². The molecule has 0 unspecified atom stereocenters. The van der Waals surface area contributed by atoms with Gasteiger partial charge in [-0.2, -0.15) is 0 Å². The first-order valence-corrected chi connectivity index (χ1v) is 8.33. The third-order valence-electron chi connectivity index (χ3n) is 4.53. The maximum Gasteiger partial charge on any atom is 0.265 e. The van der Waals surface area contributed by atoms with Crippen LogP contribution in [0, 0.1) is 6.92 Å². The molecule has 0 saturated carbocycles. The highest BCUT2D eigenvalue weighted by atomic mass is 16.3. The van der Waals surface area contributed by atoms with Gasteiger partial charge in [-0.05, 0) is 31.2 Å². The van der Waals surface area contributed by atoms with Crippen LogP contribution < -0.4 is 11.1 Å². The molecule has 0 aliphatic rings. The van der Waals surface area contributed by atoms with E-state index in [1.807, 2.05) is 30.3 Å². The van der Waals surface area contributed by atoms with Crippen molar-refractivity contribution in [2.24, 2.45) is 0 Å². The predicted molar refractivity (Wildman–Crippen MR) is 101 cm³/mol. The summed E-state index contributed by atoms with van der Waals surface area (Å²) in [6.07, 6.45) is 3.31. The number of pyridine rings is 3. The van der Waals surface area contributed by atoms with Gasteiger partial charge in [0, 0.05) is 30.0 Å². The third kappa shape index (κ3) is 2.43. The van der Waals surface area contributed by atoms with Gasteiger partial charge in [-0.15, -0.1) is 0 Å². The Balaban J connectivity index is 2.13. The Hall–Kier alpha value is -3.25. The standard InChI is InChI=1S/C20H17N3O3/c1-13-17-15(7-9-22(11-12-24)19(17)25)18-16(21-13)8-10-23(20(18)26)14-5-3-2-4-6-14/h2-10,24H,11-12H2,1H3. The molecule has 1 N–H and O–H groups in total. The van der Waals surface area contributed by atoms with Gasteiger partial charge in [0.25, 0.3) is 11.1 Å². The molecule has 1 aromatic carbocycles. The third-order valence-corrected chi connectivity index (χ3v) is 4.53. The van der Waals surface area contributed by atoms with Crippen molar-refractivity contribution in [3.05, 3.63) is 81.3 Å². The number of fused-ring (bicyclic) bond motifs is 3. The van der Waals surface area contributed by atoms with E-state index in [1.54, 1.807) is 36.0 Å². The predicted octanol–water partition coefficient (Wildman–Crippen LogP) is 2.00. The first-order valence-electron chi connectivity index (χ1n) is 8.33. The Morgan fingerprint density at radius 1 is 0.962 bits per heavy atom. The summed E-state index contributed by atoms with van der Waals surface area (Å²) in [5.74, 6) is 0. The Labute approximate surface area is 148 Å². The van der Waals surface area contributed by atoms with Crippen LogP contribution >= 0.6 is 0 Å². The lowest BCUT2D eigenvalue weighted by Crippen LogP contribution is -2.24. The van der Waals surface area contributed by atoms with Crippen LogP contribution in [0.5, 0.6) is 0 Å². The SMILES string of the molecule is Cc1nc2ccn(-c3ccccc3)c(=O)c2c2ccn(CCO)c(=O)c12. The van der Waals surface area contributed by atoms with Crippen LogP contribution in [0.15, 0.2) is 64.4 Å². The average molecular weight is 347 g/mol. The molecule has 0 aliphatic heterocycles. The topological polar surface area (TPSA) is 77.1 Å². The van der Waals surface area contributed by atoms with E-state index >= 15 is 0 Å². The number of aliphatic hydroxyl groups excluding tert-OH is 1. The first-order chi connectivity index (χ1) is 12.6. The van der Waals surface area contributed by atoms with Gasteiger partial charge in [-0.3, -0.25) is 19.1 Å². The Morgan fingerprint density at radius 2 is 1.73 bits per heavy atom. The van der Waals surface area contributed by atoms with E-state index in [1.165, 1.54) is 4.57 Å². The van der Waals surface area contributed by atoms with Gasteiger partial charge in [0.2, 0.25) is 0 Å². The van der Waals surface area contributed by atoms with E-state index < -0.39 is 0 Å². The number of aryl methyl sites for hydroxylation is 1. The monoisotopic (exact) mass is 347 g/mol. The summed E-state index contributed by atoms with van der Waals surface area (Å²) in [7, 11) is 0. The van der Waals surface area contributed by atoms with E-state index in [-0.39, 0.29) is 24.3 Å². The number of hydrogen-bond donors (Lipinski definition) is 1. The van der Waals surface area contributed by atoms with E-state index in [0.29, 0.717) is 27.4 Å². The molecule has 0 atom stereocenters. The summed E-state index contributed by atoms with van der Waals surface area (Å²) in [6.45, 7) is 1.83. The van der Waals surface area contributed by atoms with Gasteiger partial charge in [0.1, 0.15) is 0 Å². The fourth-order valence-electron chi connectivity index (χ4n) is 3.32. The van der Waals surface area contributed by atoms with Crippen LogP contribution in [0.4, 0.5) is 0 Å². The Bertz CT molecular complexity index is 1240. The van der Waals surface area contributed by atoms with Gasteiger partial charge in [-0.25, -0.2) is 0 Å². The van der Waals surface area contributed by atoms with Gasteiger partial charge in [0.05, 0.1) is 28.6 Å². The quantitative estimate of drug-likeness (QED) is 0.575. The molecule has 0 radical (unpaired) electrons. The highest BCUT2D eigenvalue weighted by Gasteiger charge is 2.15. The zero-order chi connectivity index (χ0) is 18.3. The first kappa shape index (κ1) is 16.2. The summed E-state index contributed by atoms with van der Waals surface area (Å²) in [6, 6.07) is 12.9. The number of rotatable bonds is 3. The lowest BCUT2D eigenvalue weighted by atomic mass is 10.1. The Morgan fingerprint density at radius 3 is 2.46 bits per heavy atom. The fraction of sp³-hybridized carbons (Fsp3) is 0.150. The number of aromatic nitrogens is 3. The van der Waals surface area contributed by atoms with E-state index in [2.05, 4.69) is 4.98 Å². The van der Waals surface area contributed by atoms with Crippen molar-refractivity contribution in [2.75, 3.05) is 6.61 Å². The van der Waals surface area contributed by atoms with Crippen molar-refractivity contribution in [3.8, 4) is 5.69 Å². The highest BCUT2D eigenvalue weighted by molar-refractivity contribution is 6.05. The molecule has 0 amide bonds. The Kier molecular flexibility index (Phi) is 3.89. The van der Waals surface area contributed by atoms with Crippen LogP contribution in [0.2, 0.25) is 0 Å². The normalized spacial score (nSPS) is 11.3. The van der Waals surface area contributed by atoms with Crippen molar-refractivity contribution >= 4 is 21.7 Å². The molecular formula is C20H17N3O3. The van der Waals surface area contributed by atoms with Gasteiger partial charge < -0.3 is 9.67 Å². The van der Waals surface area contributed by atoms with Crippen molar-refractivity contribution in [2.45, 2.75) is 13.5 Å². The second kappa shape index (κ2) is 6.24. The summed E-state index contributed by atoms with van der Waals surface area (Å²) in [4.78, 5) is 30.4. The molecule has 6 nitrogen and oxygen atoms in total. The molecule has 3 heterocycles. The molecule has 130 valence electrons. The molecule has 26 heavy (non-hydrogen) atoms. The molecule has 4 aromatic rings. The molecule has 4 rings (SSSR count). The van der Waals surface area contributed by atoms with Crippen LogP contribution in [-0.4, -0.2) is 25.8 Å². The molecule has 0 spiro atoms. The minimum absolute atomic E-state index is 0.133. The maximum atomic E-state index is 13.2. The zero-order valence-electron chi connectivity index (χ0n) is 14.2. The van der Waals surface area contributed by atoms with Crippen LogP contribution in [0.25, 0.3) is 27.4 Å². The van der Waals surface area contributed by atoms with Gasteiger partial charge in [0.15, 0.2) is 0 Å². The van der Waals surface area contributed by atoms with Crippen LogP contribution in [0.1, 0.15) is 5.69 Å². The zero-order valence-corrected chi connectivity index (χ0v) is 14.2. The minimum Gasteiger partial charge on any atom is -0.395 e. The second-order valence-corrected chi connectivity index (χ2v) is 6.11. The van der Waals surface area contributed by atoms with Crippen LogP contribution in [-0.2, 0) is 6.54 Å². The summed E-state index contributed by atoms with van der Waals surface area (Å²) < 4.78 is 2.99. The molecular weight excluding hydrogens is 330 g/mol. The van der Waals surface area contributed by atoms with Gasteiger partial charge in [-0.1, -0.05) is 18.2 Å². The lowest BCUT2D eigenvalue weighted by Gasteiger charge is -2.11. The second-order valence-electron chi connectivity index (χ2n) is 6.11. The van der Waals surface area contributed by atoms with E-state index in [4.69, 9.17) is 5.11 Å². The number of aliphatic hydroxyl groups is 1. The van der Waals surface area contributed by atoms with Crippen molar-refractivity contribution in [1.82, 2.24) is 14.1 Å². The van der Waals surface area contributed by atoms with Crippen LogP contribution in [0.3, 0.4) is 0 Å². The van der Waals surface area contributed by atoms with Gasteiger partial charge >= 0.3 is 0 Å². The molecule has 0 saturated heterocycles. The number of para-hydroxylation sites is 1. The van der Waals surface area contributed by atoms with Crippen molar-refractivity contribution in [3.63, 3.8) is 0 Å². The highest BCUT2D eigenvalue weighted by Crippen LogP contribution is 2.21. The number of benzene rings is 1. The minimum atomic E-state index is -0.252. The molecule has 6 heteroatoms. The largest absolute Gasteiger partial charge is 0.395 e. The van der Waals surface area contributed by atoms with E-state index in [9.17, 15) is 9.59 Å². The summed E-state index contributed by atoms with van der Waals surface area (Å²) in [5, 5.41) is 10.6. The fourth-order valence-corrected chi connectivity index (χ4v) is 3.32. The lowest BCUT2D eigenvalue weighted by molar-refractivity contribution is 0.274. The number of nitrogens with zero attached hydrogens (tertiary/aromatic N) is 3. The smallest absolute Gasteiger partial charge is 0.265 e.